The van der Waals surface area contributed by atoms with Crippen LogP contribution in [0.4, 0.5) is 0 Å². The summed E-state index contributed by atoms with van der Waals surface area (Å²) in [6.07, 6.45) is 7.64. The minimum absolute atomic E-state index is 0.0705. The van der Waals surface area contributed by atoms with Gasteiger partial charge >= 0.3 is 0 Å². The highest BCUT2D eigenvalue weighted by Crippen LogP contribution is 2.04. The van der Waals surface area contributed by atoms with E-state index in [1.54, 1.807) is 33.9 Å². The van der Waals surface area contributed by atoms with E-state index >= 15 is 0 Å². The Morgan fingerprint density at radius 1 is 1.22 bits per heavy atom. The highest BCUT2D eigenvalue weighted by Gasteiger charge is 2.10. The van der Waals surface area contributed by atoms with Crippen LogP contribution in [0.1, 0.15) is 26.6 Å². The molecule has 2 rings (SSSR count). The van der Waals surface area contributed by atoms with Gasteiger partial charge in [-0.25, -0.2) is 9.97 Å². The molecule has 0 saturated heterocycles. The van der Waals surface area contributed by atoms with Crippen LogP contribution in [-0.4, -0.2) is 19.1 Å². The monoisotopic (exact) mass is 246 g/mol. The first-order chi connectivity index (χ1) is 8.63. The summed E-state index contributed by atoms with van der Waals surface area (Å²) in [7, 11) is 0. The standard InChI is InChI=1S/C13H18N4O/c1-4-11-14-6-8-17(11)12-13(18)16(7-5-15-12)9-10(2)3/h5-8,10H,4,9H2,1-3H3. The smallest absolute Gasteiger partial charge is 0.294 e. The Kier molecular flexibility index (Phi) is 3.60. The van der Waals surface area contributed by atoms with Crippen molar-refractivity contribution in [2.24, 2.45) is 5.92 Å². The lowest BCUT2D eigenvalue weighted by molar-refractivity contribution is 0.507. The quantitative estimate of drug-likeness (QED) is 0.824. The van der Waals surface area contributed by atoms with Crippen LogP contribution in [0.15, 0.2) is 29.6 Å². The van der Waals surface area contributed by atoms with Crippen molar-refractivity contribution in [3.05, 3.63) is 41.0 Å². The molecule has 0 aliphatic carbocycles. The third kappa shape index (κ3) is 2.34. The Hall–Kier alpha value is -1.91. The SMILES string of the molecule is CCc1nccn1-c1nccn(CC(C)C)c1=O. The van der Waals surface area contributed by atoms with Crippen molar-refractivity contribution in [2.75, 3.05) is 0 Å². The molecule has 2 aromatic rings. The molecule has 0 aromatic carbocycles. The second kappa shape index (κ2) is 5.16. The molecule has 0 amide bonds. The first-order valence-electron chi connectivity index (χ1n) is 6.21. The van der Waals surface area contributed by atoms with Gasteiger partial charge < -0.3 is 4.57 Å². The van der Waals surface area contributed by atoms with Gasteiger partial charge in [-0.1, -0.05) is 20.8 Å². The van der Waals surface area contributed by atoms with E-state index in [1.165, 1.54) is 0 Å². The van der Waals surface area contributed by atoms with Crippen molar-refractivity contribution in [3.63, 3.8) is 0 Å². The largest absolute Gasteiger partial charge is 0.311 e. The summed E-state index contributed by atoms with van der Waals surface area (Å²) in [6, 6.07) is 0. The Bertz CT molecular complexity index is 583. The van der Waals surface area contributed by atoms with E-state index in [1.807, 2.05) is 6.92 Å². The Balaban J connectivity index is 2.49. The molecule has 0 aliphatic rings. The number of aromatic nitrogens is 4. The Morgan fingerprint density at radius 2 is 1.94 bits per heavy atom. The highest BCUT2D eigenvalue weighted by molar-refractivity contribution is 5.21. The third-order valence-corrected chi connectivity index (χ3v) is 2.72. The third-order valence-electron chi connectivity index (χ3n) is 2.72. The van der Waals surface area contributed by atoms with Crippen molar-refractivity contribution in [1.82, 2.24) is 19.1 Å². The van der Waals surface area contributed by atoms with Gasteiger partial charge in [-0.2, -0.15) is 0 Å². The van der Waals surface area contributed by atoms with Crippen molar-refractivity contribution in [1.29, 1.82) is 0 Å². The van der Waals surface area contributed by atoms with Crippen molar-refractivity contribution in [2.45, 2.75) is 33.7 Å². The average Bonchev–Trinajstić information content (AvgIpc) is 2.79. The number of aryl methyl sites for hydroxylation is 1. The van der Waals surface area contributed by atoms with Crippen LogP contribution in [0.5, 0.6) is 0 Å². The summed E-state index contributed by atoms with van der Waals surface area (Å²) in [6.45, 7) is 6.88. The molecule has 2 aromatic heterocycles. The second-order valence-electron chi connectivity index (χ2n) is 4.67. The summed E-state index contributed by atoms with van der Waals surface area (Å²) < 4.78 is 3.46. The lowest BCUT2D eigenvalue weighted by atomic mass is 10.2. The summed E-state index contributed by atoms with van der Waals surface area (Å²) in [5.74, 6) is 1.70. The van der Waals surface area contributed by atoms with Crippen LogP contribution < -0.4 is 5.56 Å². The summed E-state index contributed by atoms with van der Waals surface area (Å²) in [4.78, 5) is 20.7. The maximum Gasteiger partial charge on any atom is 0.294 e. The van der Waals surface area contributed by atoms with Gasteiger partial charge in [-0.3, -0.25) is 9.36 Å². The predicted octanol–water partition coefficient (Wildman–Crippen LogP) is 1.65. The fraction of sp³-hybridized carbons (Fsp3) is 0.462. The maximum absolute atomic E-state index is 12.3. The van der Waals surface area contributed by atoms with Crippen LogP contribution in [0.25, 0.3) is 5.82 Å². The first kappa shape index (κ1) is 12.5. The van der Waals surface area contributed by atoms with Crippen molar-refractivity contribution in [3.8, 4) is 5.82 Å². The molecule has 0 unspecified atom stereocenters. The molecular formula is C13H18N4O. The minimum atomic E-state index is -0.0705. The van der Waals surface area contributed by atoms with E-state index in [0.29, 0.717) is 18.3 Å². The molecule has 0 radical (unpaired) electrons. The number of rotatable bonds is 4. The van der Waals surface area contributed by atoms with Gasteiger partial charge in [0.05, 0.1) is 0 Å². The van der Waals surface area contributed by atoms with Crippen LogP contribution in [0.2, 0.25) is 0 Å². The van der Waals surface area contributed by atoms with Gasteiger partial charge in [0.1, 0.15) is 5.82 Å². The number of hydrogen-bond donors (Lipinski definition) is 0. The molecular weight excluding hydrogens is 228 g/mol. The molecule has 18 heavy (non-hydrogen) atoms. The normalized spacial score (nSPS) is 11.1. The van der Waals surface area contributed by atoms with Crippen molar-refractivity contribution >= 4 is 0 Å². The van der Waals surface area contributed by atoms with Gasteiger partial charge in [0.25, 0.3) is 5.56 Å². The van der Waals surface area contributed by atoms with E-state index < -0.39 is 0 Å². The minimum Gasteiger partial charge on any atom is -0.311 e. The average molecular weight is 246 g/mol. The second-order valence-corrected chi connectivity index (χ2v) is 4.67. The predicted molar refractivity (Wildman–Crippen MR) is 69.8 cm³/mol. The van der Waals surface area contributed by atoms with Gasteiger partial charge in [-0.15, -0.1) is 0 Å². The zero-order valence-electron chi connectivity index (χ0n) is 11.0. The van der Waals surface area contributed by atoms with Gasteiger partial charge in [-0.05, 0) is 5.92 Å². The fourth-order valence-electron chi connectivity index (χ4n) is 1.93. The number of nitrogens with zero attached hydrogens (tertiary/aromatic N) is 4. The highest BCUT2D eigenvalue weighted by atomic mass is 16.1. The topological polar surface area (TPSA) is 52.7 Å². The first-order valence-corrected chi connectivity index (χ1v) is 6.21. The lowest BCUT2D eigenvalue weighted by Gasteiger charge is -2.10. The summed E-state index contributed by atoms with van der Waals surface area (Å²) in [5, 5.41) is 0. The van der Waals surface area contributed by atoms with E-state index in [-0.39, 0.29) is 5.56 Å². The van der Waals surface area contributed by atoms with Crippen LogP contribution >= 0.6 is 0 Å². The lowest BCUT2D eigenvalue weighted by Crippen LogP contribution is -2.27. The molecule has 0 saturated carbocycles. The fourth-order valence-corrected chi connectivity index (χ4v) is 1.93. The summed E-state index contributed by atoms with van der Waals surface area (Å²) >= 11 is 0. The van der Waals surface area contributed by atoms with E-state index in [9.17, 15) is 4.79 Å². The van der Waals surface area contributed by atoms with E-state index in [4.69, 9.17) is 0 Å². The molecule has 0 atom stereocenters. The Morgan fingerprint density at radius 3 is 2.61 bits per heavy atom. The number of hydrogen-bond acceptors (Lipinski definition) is 3. The zero-order chi connectivity index (χ0) is 13.1. The molecule has 0 spiro atoms. The van der Waals surface area contributed by atoms with Crippen LogP contribution in [-0.2, 0) is 13.0 Å². The zero-order valence-corrected chi connectivity index (χ0v) is 11.0. The van der Waals surface area contributed by atoms with E-state index in [0.717, 1.165) is 12.2 Å². The van der Waals surface area contributed by atoms with Crippen molar-refractivity contribution < 1.29 is 0 Å². The van der Waals surface area contributed by atoms with Gasteiger partial charge in [0.2, 0.25) is 5.82 Å². The van der Waals surface area contributed by atoms with Crippen LogP contribution in [0, 0.1) is 5.92 Å². The number of imidazole rings is 1. The molecule has 5 nitrogen and oxygen atoms in total. The molecule has 2 heterocycles. The molecule has 5 heteroatoms. The molecule has 96 valence electrons. The molecule has 0 bridgehead atoms. The molecule has 0 N–H and O–H groups in total. The maximum atomic E-state index is 12.3. The molecule has 0 aliphatic heterocycles. The Labute approximate surface area is 106 Å². The van der Waals surface area contributed by atoms with Gasteiger partial charge in [0, 0.05) is 37.8 Å². The van der Waals surface area contributed by atoms with Gasteiger partial charge in [0.15, 0.2) is 0 Å². The molecule has 0 fully saturated rings. The van der Waals surface area contributed by atoms with Crippen LogP contribution in [0.3, 0.4) is 0 Å². The summed E-state index contributed by atoms with van der Waals surface area (Å²) in [5.41, 5.74) is -0.0705. The van der Waals surface area contributed by atoms with E-state index in [2.05, 4.69) is 23.8 Å².